The quantitative estimate of drug-likeness (QED) is 0.707. The van der Waals surface area contributed by atoms with Crippen LogP contribution in [0.1, 0.15) is 25.5 Å². The van der Waals surface area contributed by atoms with Gasteiger partial charge in [-0.25, -0.2) is 0 Å². The van der Waals surface area contributed by atoms with E-state index in [4.69, 9.17) is 4.74 Å². The molecule has 122 valence electrons. The molecule has 6 heteroatoms. The molecule has 0 radical (unpaired) electrons. The summed E-state index contributed by atoms with van der Waals surface area (Å²) in [7, 11) is 0. The van der Waals surface area contributed by atoms with Crippen molar-refractivity contribution in [2.24, 2.45) is 0 Å². The van der Waals surface area contributed by atoms with Crippen LogP contribution in [0.4, 0.5) is 5.69 Å². The molecular weight excluding hydrogens is 426 g/mol. The molecule has 0 saturated heterocycles. The smallest absolute Gasteiger partial charge is 0.265 e. The van der Waals surface area contributed by atoms with Crippen molar-refractivity contribution in [3.05, 3.63) is 57.0 Å². The van der Waals surface area contributed by atoms with Gasteiger partial charge >= 0.3 is 0 Å². The average molecular weight is 443 g/mol. The molecular formula is C17H17Br2NO3. The van der Waals surface area contributed by atoms with E-state index < -0.39 is 12.2 Å². The van der Waals surface area contributed by atoms with Gasteiger partial charge in [-0.05, 0) is 65.7 Å². The Morgan fingerprint density at radius 3 is 2.57 bits per heavy atom. The lowest BCUT2D eigenvalue weighted by Crippen LogP contribution is -2.30. The second-order valence-electron chi connectivity index (χ2n) is 5.13. The zero-order chi connectivity index (χ0) is 17.0. The van der Waals surface area contributed by atoms with Crippen molar-refractivity contribution in [1.82, 2.24) is 0 Å². The molecule has 0 saturated carbocycles. The normalized spacial score (nSPS) is 13.3. The zero-order valence-corrected chi connectivity index (χ0v) is 15.9. The van der Waals surface area contributed by atoms with Crippen LogP contribution in [0.5, 0.6) is 5.75 Å². The van der Waals surface area contributed by atoms with E-state index in [2.05, 4.69) is 37.2 Å². The largest absolute Gasteiger partial charge is 0.480 e. The van der Waals surface area contributed by atoms with E-state index in [1.807, 2.05) is 12.1 Å². The molecule has 2 N–H and O–H groups in total. The Labute approximate surface area is 152 Å². The Hall–Kier alpha value is -1.37. The number of amides is 1. The minimum absolute atomic E-state index is 0.262. The maximum atomic E-state index is 12.3. The highest BCUT2D eigenvalue weighted by atomic mass is 79.9. The summed E-state index contributed by atoms with van der Waals surface area (Å²) in [6.07, 6.45) is -1.25. The third-order valence-corrected chi connectivity index (χ3v) is 4.32. The van der Waals surface area contributed by atoms with Crippen molar-refractivity contribution in [3.8, 4) is 5.75 Å². The third-order valence-electron chi connectivity index (χ3n) is 3.20. The van der Waals surface area contributed by atoms with Gasteiger partial charge in [0, 0.05) is 10.2 Å². The summed E-state index contributed by atoms with van der Waals surface area (Å²) in [5, 5.41) is 12.4. The molecule has 2 aromatic rings. The van der Waals surface area contributed by atoms with Gasteiger partial charge in [0.15, 0.2) is 6.10 Å². The van der Waals surface area contributed by atoms with E-state index >= 15 is 0 Å². The second kappa shape index (κ2) is 7.95. The fraction of sp³-hybridized carbons (Fsp3) is 0.235. The molecule has 0 aliphatic heterocycles. The standard InChI is InChI=1S/C17H17Br2NO3/c1-10(21)12-4-3-5-14(8-12)20-17(22)11(2)23-16-7-6-13(18)9-15(16)19/h3-11,21H,1-2H3,(H,20,22)/t10-,11-/m1/s1. The van der Waals surface area contributed by atoms with E-state index in [0.29, 0.717) is 11.4 Å². The van der Waals surface area contributed by atoms with Gasteiger partial charge < -0.3 is 15.2 Å². The van der Waals surface area contributed by atoms with Crippen molar-refractivity contribution in [1.29, 1.82) is 0 Å². The van der Waals surface area contributed by atoms with Crippen LogP contribution >= 0.6 is 31.9 Å². The Kier molecular flexibility index (Phi) is 6.21. The average Bonchev–Trinajstić information content (AvgIpc) is 2.50. The molecule has 23 heavy (non-hydrogen) atoms. The number of benzene rings is 2. The number of anilines is 1. The number of ether oxygens (including phenoxy) is 1. The Morgan fingerprint density at radius 2 is 1.91 bits per heavy atom. The second-order valence-corrected chi connectivity index (χ2v) is 6.90. The summed E-state index contributed by atoms with van der Waals surface area (Å²) in [6, 6.07) is 12.6. The molecule has 0 heterocycles. The summed E-state index contributed by atoms with van der Waals surface area (Å²) >= 11 is 6.77. The summed E-state index contributed by atoms with van der Waals surface area (Å²) in [6.45, 7) is 3.36. The van der Waals surface area contributed by atoms with Crippen molar-refractivity contribution in [2.45, 2.75) is 26.1 Å². The van der Waals surface area contributed by atoms with Gasteiger partial charge in [-0.3, -0.25) is 4.79 Å². The minimum Gasteiger partial charge on any atom is -0.480 e. The van der Waals surface area contributed by atoms with Crippen molar-refractivity contribution in [3.63, 3.8) is 0 Å². The SMILES string of the molecule is C[C@@H](Oc1ccc(Br)cc1Br)C(=O)Nc1cccc([C@@H](C)O)c1. The van der Waals surface area contributed by atoms with Crippen molar-refractivity contribution in [2.75, 3.05) is 5.32 Å². The van der Waals surface area contributed by atoms with E-state index in [9.17, 15) is 9.90 Å². The summed E-state index contributed by atoms with van der Waals surface area (Å²) in [5.74, 6) is 0.330. The lowest BCUT2D eigenvalue weighted by molar-refractivity contribution is -0.122. The van der Waals surface area contributed by atoms with Crippen LogP contribution in [0.25, 0.3) is 0 Å². The summed E-state index contributed by atoms with van der Waals surface area (Å²) in [5.41, 5.74) is 1.37. The molecule has 2 rings (SSSR count). The van der Waals surface area contributed by atoms with Crippen LogP contribution < -0.4 is 10.1 Å². The first-order valence-corrected chi connectivity index (χ1v) is 8.66. The van der Waals surface area contributed by atoms with Crippen LogP contribution in [0.2, 0.25) is 0 Å². The zero-order valence-electron chi connectivity index (χ0n) is 12.7. The van der Waals surface area contributed by atoms with Gasteiger partial charge in [0.05, 0.1) is 10.6 Å². The van der Waals surface area contributed by atoms with Gasteiger partial charge in [-0.15, -0.1) is 0 Å². The first kappa shape index (κ1) is 18.0. The Bertz CT molecular complexity index is 704. The Morgan fingerprint density at radius 1 is 1.17 bits per heavy atom. The van der Waals surface area contributed by atoms with Gasteiger partial charge in [0.2, 0.25) is 0 Å². The maximum Gasteiger partial charge on any atom is 0.265 e. The number of hydrogen-bond donors (Lipinski definition) is 2. The fourth-order valence-electron chi connectivity index (χ4n) is 1.93. The number of carbonyl (C=O) groups excluding carboxylic acids is 1. The molecule has 1 amide bonds. The van der Waals surface area contributed by atoms with Gasteiger partial charge in [0.25, 0.3) is 5.91 Å². The predicted molar refractivity (Wildman–Crippen MR) is 97.6 cm³/mol. The molecule has 0 unspecified atom stereocenters. The highest BCUT2D eigenvalue weighted by Crippen LogP contribution is 2.29. The molecule has 4 nitrogen and oxygen atoms in total. The van der Waals surface area contributed by atoms with Crippen LogP contribution in [0.3, 0.4) is 0 Å². The number of rotatable bonds is 5. The molecule has 0 aromatic heterocycles. The third kappa shape index (κ3) is 5.06. The lowest BCUT2D eigenvalue weighted by Gasteiger charge is -2.16. The highest BCUT2D eigenvalue weighted by molar-refractivity contribution is 9.11. The number of nitrogens with one attached hydrogen (secondary N) is 1. The number of aliphatic hydroxyl groups excluding tert-OH is 1. The van der Waals surface area contributed by atoms with Crippen molar-refractivity contribution < 1.29 is 14.6 Å². The maximum absolute atomic E-state index is 12.3. The molecule has 0 fully saturated rings. The lowest BCUT2D eigenvalue weighted by atomic mass is 10.1. The molecule has 2 atom stereocenters. The van der Waals surface area contributed by atoms with Gasteiger partial charge in [-0.2, -0.15) is 0 Å². The van der Waals surface area contributed by atoms with E-state index in [1.54, 1.807) is 44.2 Å². The highest BCUT2D eigenvalue weighted by Gasteiger charge is 2.16. The van der Waals surface area contributed by atoms with Crippen LogP contribution in [0.15, 0.2) is 51.4 Å². The van der Waals surface area contributed by atoms with E-state index in [1.165, 1.54) is 0 Å². The van der Waals surface area contributed by atoms with Gasteiger partial charge in [-0.1, -0.05) is 28.1 Å². The van der Waals surface area contributed by atoms with E-state index in [-0.39, 0.29) is 5.91 Å². The van der Waals surface area contributed by atoms with Crippen LogP contribution in [0, 0.1) is 0 Å². The first-order valence-electron chi connectivity index (χ1n) is 7.07. The molecule has 0 aliphatic carbocycles. The van der Waals surface area contributed by atoms with Crippen LogP contribution in [-0.2, 0) is 4.79 Å². The fourth-order valence-corrected chi connectivity index (χ4v) is 3.08. The molecule has 0 aliphatic rings. The Balaban J connectivity index is 2.04. The minimum atomic E-state index is -0.664. The monoisotopic (exact) mass is 441 g/mol. The number of halogens is 2. The van der Waals surface area contributed by atoms with Gasteiger partial charge in [0.1, 0.15) is 5.75 Å². The molecule has 0 bridgehead atoms. The number of hydrogen-bond acceptors (Lipinski definition) is 3. The first-order chi connectivity index (χ1) is 10.9. The number of aliphatic hydroxyl groups is 1. The number of carbonyl (C=O) groups is 1. The topological polar surface area (TPSA) is 58.6 Å². The van der Waals surface area contributed by atoms with Crippen molar-refractivity contribution >= 4 is 43.5 Å². The summed E-state index contributed by atoms with van der Waals surface area (Å²) < 4.78 is 7.37. The molecule has 0 spiro atoms. The van der Waals surface area contributed by atoms with Crippen LogP contribution in [-0.4, -0.2) is 17.1 Å². The summed E-state index contributed by atoms with van der Waals surface area (Å²) in [4.78, 5) is 12.3. The predicted octanol–water partition coefficient (Wildman–Crippen LogP) is 4.67. The molecule has 2 aromatic carbocycles. The van der Waals surface area contributed by atoms with E-state index in [0.717, 1.165) is 14.5 Å².